The number of aliphatic hydroxyl groups is 1. The van der Waals surface area contributed by atoms with Crippen molar-refractivity contribution in [1.29, 1.82) is 0 Å². The average Bonchev–Trinajstić information content (AvgIpc) is 2.72. The number of fused-ring (bicyclic) bond motifs is 7. The molecular weight excluding hydrogens is 408 g/mol. The molecule has 5 aliphatic carbocycles. The predicted molar refractivity (Wildman–Crippen MR) is 133 cm³/mol. The first-order valence-electron chi connectivity index (χ1n) is 13.8. The normalized spacial score (nSPS) is 55.3. The lowest BCUT2D eigenvalue weighted by molar-refractivity contribution is -0.216. The van der Waals surface area contributed by atoms with Crippen molar-refractivity contribution < 1.29 is 15.0 Å². The summed E-state index contributed by atoms with van der Waals surface area (Å²) >= 11 is 0. The van der Waals surface area contributed by atoms with E-state index in [1.54, 1.807) is 5.57 Å². The Morgan fingerprint density at radius 2 is 1.55 bits per heavy atom. The highest BCUT2D eigenvalue weighted by molar-refractivity contribution is 5.76. The first-order chi connectivity index (χ1) is 15.1. The van der Waals surface area contributed by atoms with Crippen LogP contribution in [0.2, 0.25) is 0 Å². The molecule has 0 aromatic rings. The molecule has 0 amide bonds. The summed E-state index contributed by atoms with van der Waals surface area (Å²) in [6.45, 7) is 16.9. The Morgan fingerprint density at radius 3 is 2.21 bits per heavy atom. The third-order valence-electron chi connectivity index (χ3n) is 13.2. The second-order valence-electron chi connectivity index (χ2n) is 15.0. The zero-order chi connectivity index (χ0) is 24.2. The molecule has 33 heavy (non-hydrogen) atoms. The molecule has 0 radical (unpaired) electrons. The summed E-state index contributed by atoms with van der Waals surface area (Å²) in [5.74, 6) is 0.432. The molecule has 3 heteroatoms. The van der Waals surface area contributed by atoms with E-state index < -0.39 is 17.5 Å². The molecule has 3 nitrogen and oxygen atoms in total. The smallest absolute Gasteiger partial charge is 0.312 e. The van der Waals surface area contributed by atoms with Gasteiger partial charge in [0.05, 0.1) is 11.5 Å². The molecule has 0 aliphatic heterocycles. The summed E-state index contributed by atoms with van der Waals surface area (Å²) in [6.07, 6.45) is 13.2. The number of allylic oxidation sites excluding steroid dienone is 2. The monoisotopic (exact) mass is 456 g/mol. The Bertz CT molecular complexity index is 889. The molecule has 0 aromatic carbocycles. The fraction of sp³-hybridized carbons (Fsp3) is 0.900. The second-order valence-corrected chi connectivity index (χ2v) is 15.0. The van der Waals surface area contributed by atoms with Crippen molar-refractivity contribution in [1.82, 2.24) is 0 Å². The van der Waals surface area contributed by atoms with E-state index in [2.05, 4.69) is 47.6 Å². The van der Waals surface area contributed by atoms with Gasteiger partial charge < -0.3 is 10.2 Å². The van der Waals surface area contributed by atoms with Crippen LogP contribution in [0.15, 0.2) is 11.6 Å². The minimum absolute atomic E-state index is 0.0308. The van der Waals surface area contributed by atoms with Crippen LogP contribution in [0.4, 0.5) is 0 Å². The maximum Gasteiger partial charge on any atom is 0.312 e. The number of rotatable bonds is 1. The highest BCUT2D eigenvalue weighted by atomic mass is 16.4. The molecule has 2 N–H and O–H groups in total. The summed E-state index contributed by atoms with van der Waals surface area (Å²) in [7, 11) is 0. The van der Waals surface area contributed by atoms with Gasteiger partial charge in [-0.3, -0.25) is 4.79 Å². The number of hydrogen-bond acceptors (Lipinski definition) is 2. The highest BCUT2D eigenvalue weighted by Crippen LogP contribution is 2.75. The first-order valence-corrected chi connectivity index (χ1v) is 13.8. The van der Waals surface area contributed by atoms with E-state index in [4.69, 9.17) is 0 Å². The first kappa shape index (κ1) is 23.9. The van der Waals surface area contributed by atoms with E-state index in [1.807, 2.05) is 6.92 Å². The number of aliphatic carboxylic acids is 1. The van der Waals surface area contributed by atoms with Crippen molar-refractivity contribution in [3.63, 3.8) is 0 Å². The van der Waals surface area contributed by atoms with Gasteiger partial charge in [-0.15, -0.1) is 0 Å². The fourth-order valence-corrected chi connectivity index (χ4v) is 10.5. The van der Waals surface area contributed by atoms with Crippen LogP contribution >= 0.6 is 0 Å². The number of carboxylic acids is 1. The molecule has 5 aliphatic rings. The van der Waals surface area contributed by atoms with E-state index in [0.29, 0.717) is 29.1 Å². The third-order valence-corrected chi connectivity index (χ3v) is 13.2. The van der Waals surface area contributed by atoms with Crippen LogP contribution in [0.3, 0.4) is 0 Å². The molecule has 9 atom stereocenters. The minimum Gasteiger partial charge on any atom is -0.481 e. The topological polar surface area (TPSA) is 57.5 Å². The number of carboxylic acid groups (broad SMARTS) is 1. The van der Waals surface area contributed by atoms with E-state index in [1.165, 1.54) is 32.1 Å². The van der Waals surface area contributed by atoms with Crippen LogP contribution in [0, 0.1) is 50.2 Å². The molecule has 5 rings (SSSR count). The maximum absolute atomic E-state index is 12.5. The van der Waals surface area contributed by atoms with Crippen LogP contribution in [0.5, 0.6) is 0 Å². The summed E-state index contributed by atoms with van der Waals surface area (Å²) in [5, 5.41) is 21.1. The van der Waals surface area contributed by atoms with Crippen LogP contribution in [-0.2, 0) is 4.79 Å². The summed E-state index contributed by atoms with van der Waals surface area (Å²) in [4.78, 5) is 12.5. The predicted octanol–water partition coefficient (Wildman–Crippen LogP) is 7.23. The van der Waals surface area contributed by atoms with Crippen molar-refractivity contribution in [3.8, 4) is 0 Å². The largest absolute Gasteiger partial charge is 0.481 e. The summed E-state index contributed by atoms with van der Waals surface area (Å²) in [5.41, 5.74) is 1.98. The molecule has 4 fully saturated rings. The fourth-order valence-electron chi connectivity index (χ4n) is 10.5. The Kier molecular flexibility index (Phi) is 4.99. The zero-order valence-electron chi connectivity index (χ0n) is 22.3. The summed E-state index contributed by atoms with van der Waals surface area (Å²) in [6, 6.07) is 0. The molecule has 4 saturated carbocycles. The van der Waals surface area contributed by atoms with E-state index in [9.17, 15) is 15.0 Å². The SMILES string of the molecule is CC1(C)CC[C@]2(C)CC[C@@]3(C)C(=CC[C@H]4[C@@]5(C)CC[C@H](O)[C@@](C)(C(=O)O)[C@H]5CC[C@]43C)[C@@H]2C1. The van der Waals surface area contributed by atoms with Crippen LogP contribution in [0.25, 0.3) is 0 Å². The third kappa shape index (κ3) is 2.87. The Hall–Kier alpha value is -0.830. The van der Waals surface area contributed by atoms with Crippen LogP contribution in [0.1, 0.15) is 113 Å². The highest BCUT2D eigenvalue weighted by Gasteiger charge is 2.69. The molecular formula is C30H48O3. The van der Waals surface area contributed by atoms with Crippen LogP contribution < -0.4 is 0 Å². The lowest BCUT2D eigenvalue weighted by Gasteiger charge is -2.71. The van der Waals surface area contributed by atoms with Crippen molar-refractivity contribution in [2.75, 3.05) is 0 Å². The average molecular weight is 457 g/mol. The van der Waals surface area contributed by atoms with Crippen molar-refractivity contribution in [3.05, 3.63) is 11.6 Å². The maximum atomic E-state index is 12.5. The molecule has 0 spiro atoms. The van der Waals surface area contributed by atoms with Crippen molar-refractivity contribution in [2.45, 2.75) is 119 Å². The van der Waals surface area contributed by atoms with Gasteiger partial charge in [0.15, 0.2) is 0 Å². The number of carbonyl (C=O) groups is 1. The molecule has 0 unspecified atom stereocenters. The van der Waals surface area contributed by atoms with Gasteiger partial charge in [0.2, 0.25) is 0 Å². The molecule has 186 valence electrons. The minimum atomic E-state index is -1.03. The zero-order valence-corrected chi connectivity index (χ0v) is 22.3. The van der Waals surface area contributed by atoms with Gasteiger partial charge in [-0.25, -0.2) is 0 Å². The summed E-state index contributed by atoms with van der Waals surface area (Å²) < 4.78 is 0. The lowest BCUT2D eigenvalue weighted by atomic mass is 9.33. The Labute approximate surface area is 201 Å². The standard InChI is InChI=1S/C30H48O3/c1-25(2)14-15-26(3)16-17-28(5)19(20(26)18-25)8-9-21-27(4)12-11-23(31)30(7,24(32)33)22(27)10-13-29(21,28)6/h8,20-23,31H,9-18H2,1-7H3,(H,32,33)/t20-,21-,22-,23-,26+,27+,28-,29+,30-/m0/s1. The van der Waals surface area contributed by atoms with Crippen molar-refractivity contribution in [2.24, 2.45) is 50.2 Å². The van der Waals surface area contributed by atoms with Gasteiger partial charge in [-0.1, -0.05) is 53.2 Å². The molecule has 0 saturated heterocycles. The van der Waals surface area contributed by atoms with Gasteiger partial charge >= 0.3 is 5.97 Å². The van der Waals surface area contributed by atoms with Crippen molar-refractivity contribution >= 4 is 5.97 Å². The lowest BCUT2D eigenvalue weighted by Crippen LogP contribution is -2.66. The molecule has 0 bridgehead atoms. The second kappa shape index (κ2) is 6.89. The van der Waals surface area contributed by atoms with Gasteiger partial charge in [-0.05, 0) is 116 Å². The van der Waals surface area contributed by atoms with Gasteiger partial charge in [0.1, 0.15) is 0 Å². The quantitative estimate of drug-likeness (QED) is 0.409. The molecule has 0 aromatic heterocycles. The van der Waals surface area contributed by atoms with E-state index in [0.717, 1.165) is 25.7 Å². The molecule has 0 heterocycles. The van der Waals surface area contributed by atoms with Crippen LogP contribution in [-0.4, -0.2) is 22.3 Å². The Balaban J connectivity index is 1.58. The van der Waals surface area contributed by atoms with E-state index in [-0.39, 0.29) is 22.2 Å². The Morgan fingerprint density at radius 1 is 0.879 bits per heavy atom. The van der Waals surface area contributed by atoms with Gasteiger partial charge in [0.25, 0.3) is 0 Å². The number of aliphatic hydroxyl groups excluding tert-OH is 1. The van der Waals surface area contributed by atoms with Gasteiger partial charge in [0, 0.05) is 0 Å². The number of hydrogen-bond donors (Lipinski definition) is 2. The van der Waals surface area contributed by atoms with E-state index >= 15 is 0 Å². The van der Waals surface area contributed by atoms with Gasteiger partial charge in [-0.2, -0.15) is 0 Å².